The largest absolute Gasteiger partial charge is 0.508 e. The van der Waals surface area contributed by atoms with E-state index in [2.05, 4.69) is 31.6 Å². The van der Waals surface area contributed by atoms with Gasteiger partial charge in [0.25, 0.3) is 0 Å². The first-order chi connectivity index (χ1) is 6.39. The molecule has 1 rings (SSSR count). The SMILES string of the molecule is C/[N+](=C\c1ccc(O)cc1)C(C)(C)C. The van der Waals surface area contributed by atoms with E-state index in [0.717, 1.165) is 5.56 Å². The fourth-order valence-corrected chi connectivity index (χ4v) is 0.978. The summed E-state index contributed by atoms with van der Waals surface area (Å²) < 4.78 is 2.15. The average Bonchev–Trinajstić information content (AvgIpc) is 2.07. The Morgan fingerprint density at radius 3 is 2.07 bits per heavy atom. The Bertz CT molecular complexity index is 330. The summed E-state index contributed by atoms with van der Waals surface area (Å²) in [5, 5.41) is 9.12. The molecule has 2 nitrogen and oxygen atoms in total. The normalized spacial score (nSPS) is 13.0. The highest BCUT2D eigenvalue weighted by Crippen LogP contribution is 2.09. The van der Waals surface area contributed by atoms with Gasteiger partial charge in [-0.05, 0) is 45.0 Å². The van der Waals surface area contributed by atoms with Crippen LogP contribution in [0.4, 0.5) is 0 Å². The number of hydrogen-bond donors (Lipinski definition) is 1. The van der Waals surface area contributed by atoms with Crippen molar-refractivity contribution in [2.75, 3.05) is 7.05 Å². The summed E-state index contributed by atoms with van der Waals surface area (Å²) in [7, 11) is 2.05. The molecule has 0 aliphatic heterocycles. The molecular formula is C12H18NO+. The molecule has 2 heteroatoms. The van der Waals surface area contributed by atoms with Crippen LogP contribution in [0.2, 0.25) is 0 Å². The lowest BCUT2D eigenvalue weighted by Crippen LogP contribution is -2.30. The zero-order valence-electron chi connectivity index (χ0n) is 9.28. The van der Waals surface area contributed by atoms with Crippen LogP contribution in [0.1, 0.15) is 26.3 Å². The van der Waals surface area contributed by atoms with Gasteiger partial charge < -0.3 is 5.11 Å². The van der Waals surface area contributed by atoms with Crippen molar-refractivity contribution in [1.29, 1.82) is 0 Å². The van der Waals surface area contributed by atoms with Crippen molar-refractivity contribution in [3.8, 4) is 5.75 Å². The van der Waals surface area contributed by atoms with E-state index < -0.39 is 0 Å². The number of nitrogens with zero attached hydrogens (tertiary/aromatic N) is 1. The summed E-state index contributed by atoms with van der Waals surface area (Å²) in [4.78, 5) is 0. The molecule has 0 radical (unpaired) electrons. The van der Waals surface area contributed by atoms with E-state index in [0.29, 0.717) is 5.75 Å². The zero-order valence-corrected chi connectivity index (χ0v) is 9.28. The van der Waals surface area contributed by atoms with E-state index >= 15 is 0 Å². The molecule has 1 aromatic rings. The number of hydrogen-bond acceptors (Lipinski definition) is 1. The molecule has 0 spiro atoms. The molecule has 1 N–H and O–H groups in total. The van der Waals surface area contributed by atoms with Crippen molar-refractivity contribution in [3.05, 3.63) is 29.8 Å². The molecule has 14 heavy (non-hydrogen) atoms. The second-order valence-electron chi connectivity index (χ2n) is 4.50. The molecule has 0 saturated carbocycles. The minimum absolute atomic E-state index is 0.123. The van der Waals surface area contributed by atoms with E-state index in [1.54, 1.807) is 12.1 Å². The third kappa shape index (κ3) is 2.87. The van der Waals surface area contributed by atoms with Gasteiger partial charge in [0, 0.05) is 5.56 Å². The van der Waals surface area contributed by atoms with Crippen molar-refractivity contribution < 1.29 is 9.68 Å². The standard InChI is InChI=1S/C12H17NO/c1-12(2,3)13(4)9-10-5-7-11(14)8-6-10/h5-9H,1-4H3/p+1. The molecule has 0 unspecified atom stereocenters. The van der Waals surface area contributed by atoms with E-state index in [1.807, 2.05) is 19.2 Å². The Kier molecular flexibility index (Phi) is 2.94. The third-order valence-corrected chi connectivity index (χ3v) is 2.29. The molecule has 0 bridgehead atoms. The maximum atomic E-state index is 9.12. The Hall–Kier alpha value is -1.31. The fourth-order valence-electron chi connectivity index (χ4n) is 0.978. The molecule has 0 amide bonds. The summed E-state index contributed by atoms with van der Waals surface area (Å²) in [5.41, 5.74) is 1.22. The predicted molar refractivity (Wildman–Crippen MR) is 59.2 cm³/mol. The zero-order chi connectivity index (χ0) is 10.8. The van der Waals surface area contributed by atoms with Crippen LogP contribution >= 0.6 is 0 Å². The molecule has 1 aromatic carbocycles. The van der Waals surface area contributed by atoms with Gasteiger partial charge in [-0.15, -0.1) is 0 Å². The minimum Gasteiger partial charge on any atom is -0.508 e. The summed E-state index contributed by atoms with van der Waals surface area (Å²) in [6, 6.07) is 7.19. The molecule has 0 aliphatic carbocycles. The summed E-state index contributed by atoms with van der Waals surface area (Å²) in [6.07, 6.45) is 2.07. The van der Waals surface area contributed by atoms with Crippen LogP contribution in [0, 0.1) is 0 Å². The smallest absolute Gasteiger partial charge is 0.170 e. The van der Waals surface area contributed by atoms with Crippen LogP contribution in [0.3, 0.4) is 0 Å². The van der Waals surface area contributed by atoms with Gasteiger partial charge in [-0.2, -0.15) is 0 Å². The van der Waals surface area contributed by atoms with Gasteiger partial charge in [0.1, 0.15) is 12.8 Å². The van der Waals surface area contributed by atoms with E-state index in [4.69, 9.17) is 5.11 Å². The molecule has 0 aromatic heterocycles. The Labute approximate surface area is 85.5 Å². The second kappa shape index (κ2) is 3.82. The number of rotatable bonds is 1. The van der Waals surface area contributed by atoms with Gasteiger partial charge in [-0.1, -0.05) is 0 Å². The summed E-state index contributed by atoms with van der Waals surface area (Å²) >= 11 is 0. The molecule has 0 heterocycles. The molecule has 0 fully saturated rings. The van der Waals surface area contributed by atoms with Crippen LogP contribution in [-0.2, 0) is 0 Å². The first-order valence-electron chi connectivity index (χ1n) is 4.76. The third-order valence-electron chi connectivity index (χ3n) is 2.29. The van der Waals surface area contributed by atoms with Crippen LogP contribution in [0.25, 0.3) is 0 Å². The molecule has 76 valence electrons. The molecule has 0 atom stereocenters. The van der Waals surface area contributed by atoms with Gasteiger partial charge in [0.2, 0.25) is 0 Å². The van der Waals surface area contributed by atoms with E-state index in [-0.39, 0.29) is 5.54 Å². The van der Waals surface area contributed by atoms with Crippen molar-refractivity contribution in [3.63, 3.8) is 0 Å². The topological polar surface area (TPSA) is 23.2 Å². The van der Waals surface area contributed by atoms with Crippen molar-refractivity contribution >= 4 is 6.21 Å². The van der Waals surface area contributed by atoms with Crippen molar-refractivity contribution in [2.24, 2.45) is 0 Å². The van der Waals surface area contributed by atoms with E-state index in [1.165, 1.54) is 0 Å². The second-order valence-corrected chi connectivity index (χ2v) is 4.50. The number of aromatic hydroxyl groups is 1. The van der Waals surface area contributed by atoms with E-state index in [9.17, 15) is 0 Å². The van der Waals surface area contributed by atoms with Crippen LogP contribution in [0.5, 0.6) is 5.75 Å². The lowest BCUT2D eigenvalue weighted by Gasteiger charge is -2.13. The fraction of sp³-hybridized carbons (Fsp3) is 0.417. The lowest BCUT2D eigenvalue weighted by atomic mass is 10.1. The van der Waals surface area contributed by atoms with Crippen LogP contribution in [0.15, 0.2) is 24.3 Å². The van der Waals surface area contributed by atoms with Gasteiger partial charge >= 0.3 is 0 Å². The Morgan fingerprint density at radius 1 is 1.14 bits per heavy atom. The summed E-state index contributed by atoms with van der Waals surface area (Å²) in [6.45, 7) is 6.47. The van der Waals surface area contributed by atoms with Gasteiger partial charge in [-0.3, -0.25) is 0 Å². The minimum atomic E-state index is 0.123. The van der Waals surface area contributed by atoms with Gasteiger partial charge in [0.05, 0.1) is 0 Å². The molecule has 0 aliphatic rings. The van der Waals surface area contributed by atoms with Crippen molar-refractivity contribution in [2.45, 2.75) is 26.3 Å². The van der Waals surface area contributed by atoms with Crippen molar-refractivity contribution in [1.82, 2.24) is 0 Å². The highest BCUT2D eigenvalue weighted by Gasteiger charge is 2.19. The first-order valence-corrected chi connectivity index (χ1v) is 4.76. The number of phenolic OH excluding ortho intramolecular Hbond substituents is 1. The number of phenols is 1. The quantitative estimate of drug-likeness (QED) is 0.535. The van der Waals surface area contributed by atoms with Crippen LogP contribution < -0.4 is 0 Å². The highest BCUT2D eigenvalue weighted by atomic mass is 16.3. The maximum Gasteiger partial charge on any atom is 0.170 e. The van der Waals surface area contributed by atoms with Gasteiger partial charge in [-0.25, -0.2) is 4.58 Å². The molecule has 0 saturated heterocycles. The Balaban J connectivity index is 2.93. The Morgan fingerprint density at radius 2 is 1.64 bits per heavy atom. The predicted octanol–water partition coefficient (Wildman–Crippen LogP) is 2.25. The highest BCUT2D eigenvalue weighted by molar-refractivity contribution is 5.75. The monoisotopic (exact) mass is 192 g/mol. The number of benzene rings is 1. The maximum absolute atomic E-state index is 9.12. The molecular weight excluding hydrogens is 174 g/mol. The lowest BCUT2D eigenvalue weighted by molar-refractivity contribution is -0.565. The first kappa shape index (κ1) is 10.8. The average molecular weight is 192 g/mol. The van der Waals surface area contributed by atoms with Gasteiger partial charge in [0.15, 0.2) is 11.8 Å². The summed E-state index contributed by atoms with van der Waals surface area (Å²) in [5.74, 6) is 0.306. The van der Waals surface area contributed by atoms with Crippen LogP contribution in [-0.4, -0.2) is 28.5 Å².